The SMILES string of the molecule is CO[S@@](=O)c1cccc([N+](=O)[O-])c1. The van der Waals surface area contributed by atoms with Gasteiger partial charge in [-0.2, -0.15) is 0 Å². The largest absolute Gasteiger partial charge is 0.290 e. The van der Waals surface area contributed by atoms with Crippen LogP contribution in [0.15, 0.2) is 29.2 Å². The molecule has 0 bridgehead atoms. The first kappa shape index (κ1) is 9.82. The van der Waals surface area contributed by atoms with Gasteiger partial charge in [-0.05, 0) is 6.07 Å². The maximum Gasteiger partial charge on any atom is 0.270 e. The molecule has 13 heavy (non-hydrogen) atoms. The molecular weight excluding hydrogens is 194 g/mol. The fourth-order valence-corrected chi connectivity index (χ4v) is 1.40. The molecule has 0 fully saturated rings. The number of nitro groups is 1. The second-order valence-electron chi connectivity index (χ2n) is 2.16. The Morgan fingerprint density at radius 3 is 2.77 bits per heavy atom. The Morgan fingerprint density at radius 1 is 1.54 bits per heavy atom. The lowest BCUT2D eigenvalue weighted by atomic mass is 10.3. The van der Waals surface area contributed by atoms with Gasteiger partial charge in [0, 0.05) is 12.1 Å². The first-order valence-corrected chi connectivity index (χ1v) is 4.43. The smallest absolute Gasteiger partial charge is 0.270 e. The molecular formula is C7H7NO4S. The Morgan fingerprint density at radius 2 is 2.23 bits per heavy atom. The molecule has 0 aromatic heterocycles. The molecule has 0 saturated heterocycles. The van der Waals surface area contributed by atoms with Gasteiger partial charge < -0.3 is 0 Å². The van der Waals surface area contributed by atoms with Crippen LogP contribution in [0, 0.1) is 10.1 Å². The van der Waals surface area contributed by atoms with Crippen molar-refractivity contribution in [2.45, 2.75) is 4.90 Å². The second-order valence-corrected chi connectivity index (χ2v) is 3.43. The van der Waals surface area contributed by atoms with E-state index in [0.29, 0.717) is 0 Å². The summed E-state index contributed by atoms with van der Waals surface area (Å²) in [6, 6.07) is 5.52. The van der Waals surface area contributed by atoms with Crippen molar-refractivity contribution < 1.29 is 13.3 Å². The number of rotatable bonds is 3. The van der Waals surface area contributed by atoms with Crippen molar-refractivity contribution in [1.29, 1.82) is 0 Å². The number of hydrogen-bond acceptors (Lipinski definition) is 4. The molecule has 0 aliphatic carbocycles. The minimum atomic E-state index is -1.62. The summed E-state index contributed by atoms with van der Waals surface area (Å²) in [5.74, 6) is 0. The van der Waals surface area contributed by atoms with Gasteiger partial charge in [0.15, 0.2) is 11.1 Å². The Hall–Kier alpha value is -1.27. The molecule has 0 heterocycles. The third-order valence-electron chi connectivity index (χ3n) is 1.37. The third kappa shape index (κ3) is 2.33. The predicted molar refractivity (Wildman–Crippen MR) is 46.5 cm³/mol. The molecule has 1 atom stereocenters. The Kier molecular flexibility index (Phi) is 3.10. The molecule has 0 spiro atoms. The van der Waals surface area contributed by atoms with Crippen LogP contribution in [0.25, 0.3) is 0 Å². The van der Waals surface area contributed by atoms with Crippen LogP contribution in [0.2, 0.25) is 0 Å². The van der Waals surface area contributed by atoms with Gasteiger partial charge in [0.25, 0.3) is 5.69 Å². The van der Waals surface area contributed by atoms with Gasteiger partial charge in [-0.25, -0.2) is 4.21 Å². The van der Waals surface area contributed by atoms with Crippen LogP contribution in [0.5, 0.6) is 0 Å². The average molecular weight is 201 g/mol. The van der Waals surface area contributed by atoms with Crippen LogP contribution in [0.1, 0.15) is 0 Å². The second kappa shape index (κ2) is 4.11. The van der Waals surface area contributed by atoms with Gasteiger partial charge >= 0.3 is 0 Å². The highest BCUT2D eigenvalue weighted by Crippen LogP contribution is 2.15. The maximum absolute atomic E-state index is 11.1. The van der Waals surface area contributed by atoms with Crippen LogP contribution < -0.4 is 0 Å². The van der Waals surface area contributed by atoms with Crippen molar-refractivity contribution in [2.24, 2.45) is 0 Å². The van der Waals surface area contributed by atoms with Gasteiger partial charge in [0.05, 0.1) is 16.9 Å². The summed E-state index contributed by atoms with van der Waals surface area (Å²) >= 11 is -1.62. The van der Waals surface area contributed by atoms with Crippen molar-refractivity contribution in [2.75, 3.05) is 7.11 Å². The normalized spacial score (nSPS) is 12.4. The van der Waals surface area contributed by atoms with Gasteiger partial charge in [0.1, 0.15) is 0 Å². The molecule has 0 N–H and O–H groups in total. The summed E-state index contributed by atoms with van der Waals surface area (Å²) in [7, 11) is 1.27. The lowest BCUT2D eigenvalue weighted by Crippen LogP contribution is -1.95. The lowest BCUT2D eigenvalue weighted by molar-refractivity contribution is -0.385. The minimum Gasteiger partial charge on any atom is -0.290 e. The number of nitro benzene ring substituents is 1. The van der Waals surface area contributed by atoms with E-state index in [2.05, 4.69) is 4.18 Å². The van der Waals surface area contributed by atoms with Crippen LogP contribution in [0.4, 0.5) is 5.69 Å². The van der Waals surface area contributed by atoms with Crippen molar-refractivity contribution in [3.8, 4) is 0 Å². The summed E-state index contributed by atoms with van der Waals surface area (Å²) in [4.78, 5) is 10.1. The van der Waals surface area contributed by atoms with Crippen molar-refractivity contribution in [3.63, 3.8) is 0 Å². The van der Waals surface area contributed by atoms with E-state index in [1.165, 1.54) is 31.4 Å². The highest BCUT2D eigenvalue weighted by molar-refractivity contribution is 7.80. The Labute approximate surface area is 77.1 Å². The molecule has 6 heteroatoms. The average Bonchev–Trinajstić information content (AvgIpc) is 2.17. The van der Waals surface area contributed by atoms with E-state index in [9.17, 15) is 14.3 Å². The molecule has 0 radical (unpaired) electrons. The highest BCUT2D eigenvalue weighted by atomic mass is 32.2. The summed E-state index contributed by atoms with van der Waals surface area (Å²) < 4.78 is 15.6. The molecule has 5 nitrogen and oxygen atoms in total. The van der Waals surface area contributed by atoms with Crippen LogP contribution in [0.3, 0.4) is 0 Å². The molecule has 0 saturated carbocycles. The molecule has 70 valence electrons. The minimum absolute atomic E-state index is 0.0945. The van der Waals surface area contributed by atoms with Gasteiger partial charge in [-0.1, -0.05) is 6.07 Å². The Balaban J connectivity index is 3.05. The molecule has 0 aliphatic heterocycles. The van der Waals surface area contributed by atoms with E-state index in [4.69, 9.17) is 0 Å². The number of hydrogen-bond donors (Lipinski definition) is 0. The van der Waals surface area contributed by atoms with Gasteiger partial charge in [-0.15, -0.1) is 0 Å². The monoisotopic (exact) mass is 201 g/mol. The van der Waals surface area contributed by atoms with Crippen molar-refractivity contribution in [3.05, 3.63) is 34.4 Å². The zero-order valence-corrected chi connectivity index (χ0v) is 7.61. The Bertz CT molecular complexity index is 352. The first-order chi connectivity index (χ1) is 6.15. The van der Waals surface area contributed by atoms with Crippen LogP contribution >= 0.6 is 0 Å². The van der Waals surface area contributed by atoms with E-state index in [0.717, 1.165) is 0 Å². The van der Waals surface area contributed by atoms with E-state index in [-0.39, 0.29) is 10.6 Å². The predicted octanol–water partition coefficient (Wildman–Crippen LogP) is 1.26. The number of benzene rings is 1. The number of nitrogens with zero attached hydrogens (tertiary/aromatic N) is 1. The molecule has 0 unspecified atom stereocenters. The summed E-state index contributed by atoms with van der Waals surface area (Å²) in [6.07, 6.45) is 0. The zero-order valence-electron chi connectivity index (χ0n) is 6.80. The first-order valence-electron chi connectivity index (χ1n) is 3.36. The lowest BCUT2D eigenvalue weighted by Gasteiger charge is -1.97. The maximum atomic E-state index is 11.1. The molecule has 0 aliphatic rings. The summed E-state index contributed by atoms with van der Waals surface area (Å²) in [6.45, 7) is 0. The van der Waals surface area contributed by atoms with Crippen molar-refractivity contribution in [1.82, 2.24) is 0 Å². The third-order valence-corrected chi connectivity index (χ3v) is 2.31. The van der Waals surface area contributed by atoms with Gasteiger partial charge in [-0.3, -0.25) is 14.3 Å². The van der Waals surface area contributed by atoms with E-state index in [1.54, 1.807) is 0 Å². The quantitative estimate of drug-likeness (QED) is 0.545. The molecule has 1 rings (SSSR count). The van der Waals surface area contributed by atoms with Crippen molar-refractivity contribution >= 4 is 16.8 Å². The highest BCUT2D eigenvalue weighted by Gasteiger charge is 2.09. The molecule has 0 amide bonds. The van der Waals surface area contributed by atoms with Crippen LogP contribution in [-0.2, 0) is 15.3 Å². The van der Waals surface area contributed by atoms with E-state index >= 15 is 0 Å². The standard InChI is InChI=1S/C7H7NO4S/c1-12-13(11)7-4-2-3-6(5-7)8(9)10/h2-5H,1H3/t13-/m1/s1. The fourth-order valence-electron chi connectivity index (χ4n) is 0.797. The molecule has 1 aromatic rings. The zero-order chi connectivity index (χ0) is 9.84. The summed E-state index contributed by atoms with van der Waals surface area (Å²) in [5.41, 5.74) is -0.0945. The fraction of sp³-hybridized carbons (Fsp3) is 0.143. The van der Waals surface area contributed by atoms with Gasteiger partial charge in [0.2, 0.25) is 0 Å². The van der Waals surface area contributed by atoms with E-state index in [1.807, 2.05) is 0 Å². The van der Waals surface area contributed by atoms with Crippen LogP contribution in [-0.4, -0.2) is 16.2 Å². The topological polar surface area (TPSA) is 69.4 Å². The summed E-state index contributed by atoms with van der Waals surface area (Å²) in [5, 5.41) is 10.3. The van der Waals surface area contributed by atoms with E-state index < -0.39 is 16.0 Å². The molecule has 1 aromatic carbocycles. The number of non-ortho nitro benzene ring substituents is 1.